The van der Waals surface area contributed by atoms with Crippen molar-refractivity contribution >= 4 is 57.8 Å². The van der Waals surface area contributed by atoms with Gasteiger partial charge in [0.2, 0.25) is 0 Å². The Morgan fingerprint density at radius 3 is 2.44 bits per heavy atom. The lowest BCUT2D eigenvalue weighted by atomic mass is 10.2. The first-order valence-electron chi connectivity index (χ1n) is 11.9. The molecular weight excluding hydrogens is 535 g/mol. The second-order valence-corrected chi connectivity index (χ2v) is 9.31. The molecule has 200 valence electrons. The average molecular weight is 563 g/mol. The second kappa shape index (κ2) is 13.5. The van der Waals surface area contributed by atoms with Gasteiger partial charge in [-0.05, 0) is 79.5 Å². The Balaban J connectivity index is 0.000000154. The Bertz CT molecular complexity index is 1640. The fourth-order valence-corrected chi connectivity index (χ4v) is 4.35. The minimum atomic E-state index is -0.264. The molecule has 0 unspecified atom stereocenters. The van der Waals surface area contributed by atoms with E-state index in [0.29, 0.717) is 28.3 Å². The third kappa shape index (κ3) is 7.43. The van der Waals surface area contributed by atoms with E-state index >= 15 is 0 Å². The van der Waals surface area contributed by atoms with Gasteiger partial charge in [-0.1, -0.05) is 0 Å². The predicted octanol–water partition coefficient (Wildman–Crippen LogP) is 7.01. The van der Waals surface area contributed by atoms with Crippen LogP contribution < -0.4 is 15.2 Å². The Labute approximate surface area is 234 Å². The standard InChI is InChI=1S/C13H11FN4S.C11H12N2O.C4H4OS/c1-18-8-9(7-16-18)19-17-12-5-4-11(14)10-3-2-6-15-13(10)12;1-2-14-10-6-5-9(12)11-8(10)4-3-7-13-11;6-4-2-1-3-5-4/h2-8,17H,1H3;3-7H,2,12H2,1H3;1-3,6H. The second-order valence-electron chi connectivity index (χ2n) is 7.99. The summed E-state index contributed by atoms with van der Waals surface area (Å²) in [5.41, 5.74) is 8.70. The molecule has 0 saturated heterocycles. The van der Waals surface area contributed by atoms with E-state index in [1.54, 1.807) is 59.9 Å². The minimum Gasteiger partial charge on any atom is -0.493 e. The number of ether oxygens (including phenoxy) is 1. The molecule has 0 saturated carbocycles. The number of fused-ring (bicyclic) bond motifs is 2. The zero-order valence-electron chi connectivity index (χ0n) is 21.3. The first-order chi connectivity index (χ1) is 19.0. The number of aryl methyl sites for hydroxylation is 1. The minimum absolute atomic E-state index is 0.264. The van der Waals surface area contributed by atoms with E-state index in [9.17, 15) is 4.39 Å². The number of nitrogens with one attached hydrogen (secondary N) is 1. The van der Waals surface area contributed by atoms with E-state index in [-0.39, 0.29) is 5.82 Å². The Hall–Kier alpha value is -4.22. The fraction of sp³-hybridized carbons (Fsp3) is 0.107. The van der Waals surface area contributed by atoms with Crippen molar-refractivity contribution in [1.29, 1.82) is 0 Å². The molecule has 4 aromatic heterocycles. The first kappa shape index (κ1) is 27.8. The Morgan fingerprint density at radius 1 is 1.03 bits per heavy atom. The van der Waals surface area contributed by atoms with E-state index in [1.165, 1.54) is 18.0 Å². The molecule has 0 radical (unpaired) electrons. The van der Waals surface area contributed by atoms with Crippen molar-refractivity contribution in [2.45, 2.75) is 16.9 Å². The molecule has 0 fully saturated rings. The van der Waals surface area contributed by atoms with Crippen LogP contribution in [0.1, 0.15) is 6.92 Å². The van der Waals surface area contributed by atoms with Crippen LogP contribution >= 0.6 is 24.6 Å². The summed E-state index contributed by atoms with van der Waals surface area (Å²) in [6.07, 6.45) is 8.63. The number of nitrogens with two attached hydrogens (primary N) is 1. The number of thiol groups is 1. The average Bonchev–Trinajstić information content (AvgIpc) is 3.61. The molecular formula is C28H27FN6O2S2. The molecule has 0 bridgehead atoms. The van der Waals surface area contributed by atoms with Crippen LogP contribution in [0.2, 0.25) is 0 Å². The van der Waals surface area contributed by atoms with Crippen molar-refractivity contribution in [2.75, 3.05) is 17.1 Å². The number of hydrogen-bond donors (Lipinski definition) is 3. The molecule has 2 aromatic carbocycles. The van der Waals surface area contributed by atoms with Gasteiger partial charge in [-0.25, -0.2) is 4.39 Å². The largest absolute Gasteiger partial charge is 0.493 e. The van der Waals surface area contributed by atoms with Crippen molar-refractivity contribution < 1.29 is 13.5 Å². The third-order valence-electron chi connectivity index (χ3n) is 5.24. The van der Waals surface area contributed by atoms with E-state index in [4.69, 9.17) is 14.9 Å². The maximum Gasteiger partial charge on any atom is 0.156 e. The summed E-state index contributed by atoms with van der Waals surface area (Å²) in [4.78, 5) is 9.42. The lowest BCUT2D eigenvalue weighted by molar-refractivity contribution is 0.344. The number of rotatable bonds is 5. The summed E-state index contributed by atoms with van der Waals surface area (Å²) < 4.78 is 28.7. The molecule has 0 aliphatic heterocycles. The summed E-state index contributed by atoms with van der Waals surface area (Å²) in [6, 6.07) is 17.7. The monoisotopic (exact) mass is 562 g/mol. The number of benzene rings is 2. The van der Waals surface area contributed by atoms with Gasteiger partial charge in [0.25, 0.3) is 0 Å². The highest BCUT2D eigenvalue weighted by molar-refractivity contribution is 8.00. The number of aromatic nitrogens is 4. The molecule has 39 heavy (non-hydrogen) atoms. The summed E-state index contributed by atoms with van der Waals surface area (Å²) >= 11 is 5.29. The van der Waals surface area contributed by atoms with Crippen LogP contribution in [-0.4, -0.2) is 26.4 Å². The lowest BCUT2D eigenvalue weighted by Crippen LogP contribution is -1.95. The van der Waals surface area contributed by atoms with Gasteiger partial charge < -0.3 is 19.6 Å². The highest BCUT2D eigenvalue weighted by atomic mass is 32.2. The number of pyridine rings is 2. The molecule has 4 heterocycles. The van der Waals surface area contributed by atoms with Gasteiger partial charge in [-0.3, -0.25) is 14.6 Å². The molecule has 3 N–H and O–H groups in total. The van der Waals surface area contributed by atoms with Crippen molar-refractivity contribution in [1.82, 2.24) is 19.7 Å². The SMILES string of the molecule is CCOc1ccc(N)c2ncccc12.Cn1cc(SNc2ccc(F)c3cccnc23)cn1.Sc1ccco1. The Kier molecular flexibility index (Phi) is 9.65. The van der Waals surface area contributed by atoms with Crippen LogP contribution in [0, 0.1) is 5.82 Å². The maximum atomic E-state index is 13.6. The highest BCUT2D eigenvalue weighted by Gasteiger charge is 2.07. The maximum absolute atomic E-state index is 13.6. The van der Waals surface area contributed by atoms with Gasteiger partial charge in [0.1, 0.15) is 11.6 Å². The molecule has 0 atom stereocenters. The zero-order valence-corrected chi connectivity index (χ0v) is 23.0. The van der Waals surface area contributed by atoms with Crippen LogP contribution in [0.3, 0.4) is 0 Å². The molecule has 11 heteroatoms. The van der Waals surface area contributed by atoms with Gasteiger partial charge in [-0.2, -0.15) is 5.10 Å². The normalized spacial score (nSPS) is 10.4. The molecule has 0 aliphatic rings. The van der Waals surface area contributed by atoms with Crippen molar-refractivity contribution in [3.8, 4) is 5.75 Å². The molecule has 0 spiro atoms. The summed E-state index contributed by atoms with van der Waals surface area (Å²) in [6.45, 7) is 2.60. The number of nitrogens with zero attached hydrogens (tertiary/aromatic N) is 4. The number of hydrogen-bond acceptors (Lipinski definition) is 9. The van der Waals surface area contributed by atoms with Gasteiger partial charge in [0.15, 0.2) is 5.09 Å². The van der Waals surface area contributed by atoms with Crippen molar-refractivity contribution in [3.05, 3.63) is 97.5 Å². The van der Waals surface area contributed by atoms with Gasteiger partial charge in [-0.15, -0.1) is 12.6 Å². The topological polar surface area (TPSA) is 104 Å². The molecule has 0 amide bonds. The number of furan rings is 1. The van der Waals surface area contributed by atoms with Crippen LogP contribution in [0.25, 0.3) is 21.8 Å². The third-order valence-corrected chi connectivity index (χ3v) is 6.27. The van der Waals surface area contributed by atoms with E-state index in [1.807, 2.05) is 44.4 Å². The lowest BCUT2D eigenvalue weighted by Gasteiger charge is -2.07. The molecule has 6 rings (SSSR count). The zero-order chi connectivity index (χ0) is 27.6. The van der Waals surface area contributed by atoms with Gasteiger partial charge in [0, 0.05) is 36.4 Å². The molecule has 6 aromatic rings. The number of halogens is 1. The van der Waals surface area contributed by atoms with Crippen molar-refractivity contribution in [2.24, 2.45) is 7.05 Å². The summed E-state index contributed by atoms with van der Waals surface area (Å²) in [5.74, 6) is 0.574. The Morgan fingerprint density at radius 2 is 1.79 bits per heavy atom. The van der Waals surface area contributed by atoms with Gasteiger partial charge >= 0.3 is 0 Å². The van der Waals surface area contributed by atoms with E-state index in [2.05, 4.69) is 32.4 Å². The summed E-state index contributed by atoms with van der Waals surface area (Å²) in [5, 5.41) is 6.23. The quantitative estimate of drug-likeness (QED) is 0.117. The number of nitrogen functional groups attached to an aromatic ring is 1. The van der Waals surface area contributed by atoms with E-state index in [0.717, 1.165) is 27.2 Å². The van der Waals surface area contributed by atoms with Crippen LogP contribution in [0.4, 0.5) is 15.8 Å². The first-order valence-corrected chi connectivity index (χ1v) is 13.2. The fourth-order valence-electron chi connectivity index (χ4n) is 3.51. The van der Waals surface area contributed by atoms with Crippen LogP contribution in [0.15, 0.2) is 106 Å². The molecule has 8 nitrogen and oxygen atoms in total. The van der Waals surface area contributed by atoms with Crippen LogP contribution in [-0.2, 0) is 7.05 Å². The van der Waals surface area contributed by atoms with Gasteiger partial charge in [0.05, 0.1) is 46.4 Å². The highest BCUT2D eigenvalue weighted by Crippen LogP contribution is 2.29. The number of anilines is 2. The smallest absolute Gasteiger partial charge is 0.156 e. The predicted molar refractivity (Wildman–Crippen MR) is 158 cm³/mol. The summed E-state index contributed by atoms with van der Waals surface area (Å²) in [7, 11) is 1.86. The molecule has 0 aliphatic carbocycles. The van der Waals surface area contributed by atoms with E-state index < -0.39 is 0 Å². The van der Waals surface area contributed by atoms with Crippen molar-refractivity contribution in [3.63, 3.8) is 0 Å². The van der Waals surface area contributed by atoms with Crippen LogP contribution in [0.5, 0.6) is 5.75 Å².